The molecule has 1 aliphatic rings. The van der Waals surface area contributed by atoms with Crippen molar-refractivity contribution in [3.63, 3.8) is 0 Å². The zero-order valence-electron chi connectivity index (χ0n) is 14.1. The molecule has 1 N–H and O–H groups in total. The van der Waals surface area contributed by atoms with Crippen molar-refractivity contribution in [2.24, 2.45) is 0 Å². The zero-order valence-corrected chi connectivity index (χ0v) is 14.1. The molecule has 6 heteroatoms. The van der Waals surface area contributed by atoms with Crippen LogP contribution in [0.4, 0.5) is 21.6 Å². The summed E-state index contributed by atoms with van der Waals surface area (Å²) < 4.78 is 13.9. The molecule has 0 bridgehead atoms. The molecule has 0 radical (unpaired) electrons. The van der Waals surface area contributed by atoms with Gasteiger partial charge in [0.05, 0.1) is 0 Å². The first-order valence-corrected chi connectivity index (χ1v) is 8.40. The van der Waals surface area contributed by atoms with E-state index in [1.54, 1.807) is 6.07 Å². The summed E-state index contributed by atoms with van der Waals surface area (Å²) in [5.74, 6) is 0.269. The third kappa shape index (κ3) is 3.25. The Morgan fingerprint density at radius 1 is 0.960 bits per heavy atom. The van der Waals surface area contributed by atoms with Gasteiger partial charge in [-0.3, -0.25) is 0 Å². The Labute approximate surface area is 146 Å². The number of hydrogen-bond acceptors (Lipinski definition) is 5. The van der Waals surface area contributed by atoms with E-state index in [-0.39, 0.29) is 5.82 Å². The number of para-hydroxylation sites is 1. The molecule has 2 aromatic carbocycles. The van der Waals surface area contributed by atoms with Gasteiger partial charge < -0.3 is 15.1 Å². The topological polar surface area (TPSA) is 44.3 Å². The van der Waals surface area contributed by atoms with E-state index in [0.29, 0.717) is 16.7 Å². The predicted molar refractivity (Wildman–Crippen MR) is 98.9 cm³/mol. The van der Waals surface area contributed by atoms with Gasteiger partial charge in [0.2, 0.25) is 0 Å². The van der Waals surface area contributed by atoms with Crippen molar-refractivity contribution in [3.8, 4) is 0 Å². The van der Waals surface area contributed by atoms with E-state index in [1.807, 2.05) is 18.2 Å². The number of piperazine rings is 1. The monoisotopic (exact) mass is 337 g/mol. The van der Waals surface area contributed by atoms with Gasteiger partial charge >= 0.3 is 0 Å². The summed E-state index contributed by atoms with van der Waals surface area (Å²) in [5, 5.41) is 3.94. The van der Waals surface area contributed by atoms with Crippen LogP contribution in [-0.4, -0.2) is 48.1 Å². The fourth-order valence-electron chi connectivity index (χ4n) is 3.11. The molecule has 0 saturated carbocycles. The van der Waals surface area contributed by atoms with E-state index < -0.39 is 0 Å². The second kappa shape index (κ2) is 6.64. The molecule has 0 spiro atoms. The van der Waals surface area contributed by atoms with Crippen molar-refractivity contribution < 1.29 is 4.39 Å². The third-order valence-electron chi connectivity index (χ3n) is 4.61. The second-order valence-corrected chi connectivity index (χ2v) is 6.32. The van der Waals surface area contributed by atoms with Crippen LogP contribution in [0.15, 0.2) is 48.8 Å². The maximum atomic E-state index is 13.9. The minimum atomic E-state index is -0.339. The van der Waals surface area contributed by atoms with E-state index in [4.69, 9.17) is 0 Å². The first kappa shape index (κ1) is 15.8. The molecule has 2 heterocycles. The maximum Gasteiger partial charge on any atom is 0.149 e. The molecule has 1 aliphatic heterocycles. The normalized spacial score (nSPS) is 15.5. The Hall–Kier alpha value is -2.73. The van der Waals surface area contributed by atoms with Gasteiger partial charge in [-0.15, -0.1) is 0 Å². The molecule has 5 nitrogen and oxygen atoms in total. The molecule has 0 amide bonds. The van der Waals surface area contributed by atoms with Crippen molar-refractivity contribution in [2.75, 3.05) is 43.4 Å². The number of halogens is 1. The third-order valence-corrected chi connectivity index (χ3v) is 4.61. The van der Waals surface area contributed by atoms with E-state index >= 15 is 0 Å². The summed E-state index contributed by atoms with van der Waals surface area (Å²) in [6.45, 7) is 4.25. The molecule has 1 saturated heterocycles. The lowest BCUT2D eigenvalue weighted by Crippen LogP contribution is -2.44. The molecule has 128 valence electrons. The van der Waals surface area contributed by atoms with Crippen LogP contribution < -0.4 is 10.2 Å². The van der Waals surface area contributed by atoms with Gasteiger partial charge in [-0.25, -0.2) is 14.4 Å². The number of nitrogens with one attached hydrogen (secondary N) is 1. The van der Waals surface area contributed by atoms with Gasteiger partial charge in [-0.1, -0.05) is 6.07 Å². The average molecular weight is 337 g/mol. The minimum Gasteiger partial charge on any atom is -0.369 e. The number of nitrogens with zero attached hydrogens (tertiary/aromatic N) is 4. The van der Waals surface area contributed by atoms with Crippen LogP contribution in [0, 0.1) is 5.82 Å². The van der Waals surface area contributed by atoms with Crippen molar-refractivity contribution >= 4 is 28.1 Å². The maximum absolute atomic E-state index is 13.9. The van der Waals surface area contributed by atoms with Crippen LogP contribution >= 0.6 is 0 Å². The molecule has 25 heavy (non-hydrogen) atoms. The van der Waals surface area contributed by atoms with Crippen LogP contribution in [0.2, 0.25) is 0 Å². The number of likely N-dealkylation sites (N-methyl/N-ethyl adjacent to an activating group) is 1. The van der Waals surface area contributed by atoms with Crippen molar-refractivity contribution in [3.05, 3.63) is 54.6 Å². The number of anilines is 3. The number of hydrogen-bond donors (Lipinski definition) is 1. The van der Waals surface area contributed by atoms with Gasteiger partial charge in [0.25, 0.3) is 0 Å². The molecular weight excluding hydrogens is 317 g/mol. The fraction of sp³-hybridized carbons (Fsp3) is 0.263. The van der Waals surface area contributed by atoms with Crippen LogP contribution in [-0.2, 0) is 0 Å². The highest BCUT2D eigenvalue weighted by molar-refractivity contribution is 5.90. The van der Waals surface area contributed by atoms with Gasteiger partial charge in [0.15, 0.2) is 0 Å². The molecule has 0 unspecified atom stereocenters. The standard InChI is InChI=1S/C19H20FN5/c1-24-9-11-25(12-10-24)15-7-5-14(6-8-15)23-19-16-3-2-4-17(20)18(16)21-13-22-19/h2-8,13H,9-12H2,1H3,(H,21,22,23). The molecule has 0 atom stereocenters. The molecule has 4 rings (SSSR count). The Bertz CT molecular complexity index is 873. The average Bonchev–Trinajstić information content (AvgIpc) is 2.64. The molecule has 1 fully saturated rings. The van der Waals surface area contributed by atoms with E-state index in [0.717, 1.165) is 31.9 Å². The van der Waals surface area contributed by atoms with Crippen LogP contribution in [0.25, 0.3) is 10.9 Å². The van der Waals surface area contributed by atoms with Crippen LogP contribution in [0.3, 0.4) is 0 Å². The van der Waals surface area contributed by atoms with E-state index in [2.05, 4.69) is 44.3 Å². The minimum absolute atomic E-state index is 0.328. The summed E-state index contributed by atoms with van der Waals surface area (Å²) >= 11 is 0. The van der Waals surface area contributed by atoms with E-state index in [9.17, 15) is 4.39 Å². The SMILES string of the molecule is CN1CCN(c2ccc(Nc3ncnc4c(F)cccc34)cc2)CC1. The summed E-state index contributed by atoms with van der Waals surface area (Å²) in [6, 6.07) is 13.2. The Morgan fingerprint density at radius 3 is 2.48 bits per heavy atom. The van der Waals surface area contributed by atoms with E-state index in [1.165, 1.54) is 18.1 Å². The van der Waals surface area contributed by atoms with Gasteiger partial charge in [-0.2, -0.15) is 0 Å². The first-order valence-electron chi connectivity index (χ1n) is 8.40. The Kier molecular flexibility index (Phi) is 4.19. The molecule has 1 aromatic heterocycles. The van der Waals surface area contributed by atoms with Crippen molar-refractivity contribution in [1.29, 1.82) is 0 Å². The number of rotatable bonds is 3. The summed E-state index contributed by atoms with van der Waals surface area (Å²) in [7, 11) is 2.15. The number of aromatic nitrogens is 2. The lowest BCUT2D eigenvalue weighted by atomic mass is 10.2. The zero-order chi connectivity index (χ0) is 17.2. The Morgan fingerprint density at radius 2 is 1.72 bits per heavy atom. The highest BCUT2D eigenvalue weighted by Crippen LogP contribution is 2.26. The van der Waals surface area contributed by atoms with Gasteiger partial charge in [-0.05, 0) is 43.4 Å². The largest absolute Gasteiger partial charge is 0.369 e. The van der Waals surface area contributed by atoms with Crippen molar-refractivity contribution in [2.45, 2.75) is 0 Å². The quantitative estimate of drug-likeness (QED) is 0.795. The van der Waals surface area contributed by atoms with Crippen molar-refractivity contribution in [1.82, 2.24) is 14.9 Å². The smallest absolute Gasteiger partial charge is 0.149 e. The number of fused-ring (bicyclic) bond motifs is 1. The fourth-order valence-corrected chi connectivity index (χ4v) is 3.11. The molecule has 3 aromatic rings. The predicted octanol–water partition coefficient (Wildman–Crippen LogP) is 3.26. The second-order valence-electron chi connectivity index (χ2n) is 6.32. The summed E-state index contributed by atoms with van der Waals surface area (Å²) in [6.07, 6.45) is 1.38. The van der Waals surface area contributed by atoms with Gasteiger partial charge in [0.1, 0.15) is 23.5 Å². The first-order chi connectivity index (χ1) is 12.2. The van der Waals surface area contributed by atoms with Crippen LogP contribution in [0.5, 0.6) is 0 Å². The number of benzene rings is 2. The lowest BCUT2D eigenvalue weighted by Gasteiger charge is -2.34. The Balaban J connectivity index is 1.55. The summed E-state index contributed by atoms with van der Waals surface area (Å²) in [4.78, 5) is 13.0. The molecule has 0 aliphatic carbocycles. The highest BCUT2D eigenvalue weighted by atomic mass is 19.1. The summed E-state index contributed by atoms with van der Waals surface area (Å²) in [5.41, 5.74) is 2.47. The highest BCUT2D eigenvalue weighted by Gasteiger charge is 2.14. The van der Waals surface area contributed by atoms with Crippen LogP contribution in [0.1, 0.15) is 0 Å². The lowest BCUT2D eigenvalue weighted by molar-refractivity contribution is 0.313. The van der Waals surface area contributed by atoms with Gasteiger partial charge in [0, 0.05) is 42.9 Å². The molecular formula is C19H20FN5.